The van der Waals surface area contributed by atoms with E-state index in [1.807, 2.05) is 37.3 Å². The summed E-state index contributed by atoms with van der Waals surface area (Å²) < 4.78 is 0. The minimum Gasteiger partial charge on any atom is -0.304 e. The Morgan fingerprint density at radius 2 is 2.06 bits per heavy atom. The van der Waals surface area contributed by atoms with Crippen molar-refractivity contribution in [2.45, 2.75) is 31.8 Å². The molecule has 0 spiro atoms. The van der Waals surface area contributed by atoms with E-state index in [1.54, 1.807) is 0 Å². The molecule has 1 aliphatic carbocycles. The highest BCUT2D eigenvalue weighted by molar-refractivity contribution is 5.18. The number of hydrogen-bond donors (Lipinski definition) is 1. The second-order valence-electron chi connectivity index (χ2n) is 4.73. The van der Waals surface area contributed by atoms with Crippen molar-refractivity contribution >= 4 is 0 Å². The maximum Gasteiger partial charge on any atom is 0.228 e. The van der Waals surface area contributed by atoms with Gasteiger partial charge in [-0.2, -0.15) is 0 Å². The van der Waals surface area contributed by atoms with Crippen LogP contribution >= 0.6 is 0 Å². The van der Waals surface area contributed by atoms with Crippen LogP contribution < -0.4 is 5.32 Å². The van der Waals surface area contributed by atoms with E-state index in [-0.39, 0.29) is 11.0 Å². The predicted molar refractivity (Wildman–Crippen MR) is 66.4 cm³/mol. The van der Waals surface area contributed by atoms with Crippen molar-refractivity contribution in [3.63, 3.8) is 0 Å². The molecule has 0 heterocycles. The Morgan fingerprint density at radius 3 is 2.59 bits per heavy atom. The Hall–Kier alpha value is -1.42. The maximum atomic E-state index is 10.9. The number of hydrogen-bond acceptors (Lipinski definition) is 3. The van der Waals surface area contributed by atoms with E-state index < -0.39 is 6.04 Å². The van der Waals surface area contributed by atoms with Crippen LogP contribution in [0, 0.1) is 16.0 Å². The van der Waals surface area contributed by atoms with Gasteiger partial charge in [-0.1, -0.05) is 30.3 Å². The molecular weight excluding hydrogens is 216 g/mol. The molecule has 1 aromatic carbocycles. The van der Waals surface area contributed by atoms with Crippen molar-refractivity contribution in [1.29, 1.82) is 0 Å². The first-order valence-electron chi connectivity index (χ1n) is 6.10. The quantitative estimate of drug-likeness (QED) is 0.607. The first-order valence-corrected chi connectivity index (χ1v) is 6.10. The fourth-order valence-corrected chi connectivity index (χ4v) is 2.05. The fourth-order valence-electron chi connectivity index (χ4n) is 2.05. The molecule has 0 radical (unpaired) electrons. The van der Waals surface area contributed by atoms with Crippen LogP contribution in [0.15, 0.2) is 30.3 Å². The number of nitrogens with one attached hydrogen (secondary N) is 1. The Balaban J connectivity index is 1.86. The van der Waals surface area contributed by atoms with E-state index in [1.165, 1.54) is 5.56 Å². The molecule has 0 saturated heterocycles. The number of rotatable bonds is 6. The van der Waals surface area contributed by atoms with Gasteiger partial charge in [0.25, 0.3) is 0 Å². The summed E-state index contributed by atoms with van der Waals surface area (Å²) in [6.07, 6.45) is 2.01. The predicted octanol–water partition coefficient (Wildman–Crippen LogP) is 2.39. The third-order valence-corrected chi connectivity index (χ3v) is 3.37. The van der Waals surface area contributed by atoms with Gasteiger partial charge >= 0.3 is 0 Å². The van der Waals surface area contributed by atoms with Crippen LogP contribution in [0.3, 0.4) is 0 Å². The normalized spacial score (nSPS) is 18.6. The summed E-state index contributed by atoms with van der Waals surface area (Å²) in [5, 5.41) is 14.2. The molecular formula is C13H18N2O2. The van der Waals surface area contributed by atoms with Gasteiger partial charge in [0.2, 0.25) is 6.04 Å². The number of nitrogens with zero attached hydrogens (tertiary/aromatic N) is 1. The lowest BCUT2D eigenvalue weighted by Crippen LogP contribution is -2.35. The Labute approximate surface area is 101 Å². The molecule has 1 saturated carbocycles. The topological polar surface area (TPSA) is 55.2 Å². The minimum atomic E-state index is -0.416. The van der Waals surface area contributed by atoms with Crippen LogP contribution in [0.25, 0.3) is 0 Å². The van der Waals surface area contributed by atoms with E-state index in [2.05, 4.69) is 5.32 Å². The van der Waals surface area contributed by atoms with E-state index >= 15 is 0 Å². The van der Waals surface area contributed by atoms with Crippen molar-refractivity contribution < 1.29 is 4.92 Å². The third kappa shape index (κ3) is 3.27. The largest absolute Gasteiger partial charge is 0.304 e. The van der Waals surface area contributed by atoms with Crippen molar-refractivity contribution in [1.82, 2.24) is 5.32 Å². The van der Waals surface area contributed by atoms with E-state index in [0.29, 0.717) is 12.5 Å². The molecule has 1 fully saturated rings. The highest BCUT2D eigenvalue weighted by Gasteiger charge is 2.39. The van der Waals surface area contributed by atoms with Gasteiger partial charge < -0.3 is 5.32 Å². The van der Waals surface area contributed by atoms with Crippen LogP contribution in [-0.2, 0) is 0 Å². The molecule has 0 bridgehead atoms. The lowest BCUT2D eigenvalue weighted by Gasteiger charge is -2.16. The summed E-state index contributed by atoms with van der Waals surface area (Å²) >= 11 is 0. The van der Waals surface area contributed by atoms with Gasteiger partial charge in [0.1, 0.15) is 0 Å². The first-order chi connectivity index (χ1) is 8.18. The van der Waals surface area contributed by atoms with Crippen LogP contribution in [0.2, 0.25) is 0 Å². The zero-order valence-corrected chi connectivity index (χ0v) is 10.0. The summed E-state index contributed by atoms with van der Waals surface area (Å²) in [5.74, 6) is 0.292. The summed E-state index contributed by atoms with van der Waals surface area (Å²) in [7, 11) is 0. The lowest BCUT2D eigenvalue weighted by molar-refractivity contribution is -0.525. The van der Waals surface area contributed by atoms with E-state index in [4.69, 9.17) is 0 Å². The molecule has 4 heteroatoms. The fraction of sp³-hybridized carbons (Fsp3) is 0.538. The monoisotopic (exact) mass is 234 g/mol. The zero-order chi connectivity index (χ0) is 12.3. The molecule has 0 amide bonds. The molecule has 2 atom stereocenters. The summed E-state index contributed by atoms with van der Waals surface area (Å²) in [6, 6.07) is 9.77. The van der Waals surface area contributed by atoms with E-state index in [0.717, 1.165) is 12.8 Å². The minimum absolute atomic E-state index is 0.137. The van der Waals surface area contributed by atoms with Crippen LogP contribution in [0.5, 0.6) is 0 Å². The van der Waals surface area contributed by atoms with Crippen molar-refractivity contribution in [2.24, 2.45) is 5.92 Å². The summed E-state index contributed by atoms with van der Waals surface area (Å²) in [5.41, 5.74) is 1.17. The standard InChI is InChI=1S/C13H18N2O2/c1-10(11-5-3-2-4-6-11)14-9-13(15(16)17)12-7-8-12/h2-6,10,12-14H,7-9H2,1H3/t10-,13?/m1/s1. The smallest absolute Gasteiger partial charge is 0.228 e. The van der Waals surface area contributed by atoms with Gasteiger partial charge in [-0.15, -0.1) is 0 Å². The Bertz CT molecular complexity index is 376. The first kappa shape index (κ1) is 12.0. The van der Waals surface area contributed by atoms with E-state index in [9.17, 15) is 10.1 Å². The molecule has 1 aliphatic rings. The average Bonchev–Trinajstić information content (AvgIpc) is 3.14. The van der Waals surface area contributed by atoms with Crippen LogP contribution in [0.1, 0.15) is 31.4 Å². The molecule has 1 aromatic rings. The Kier molecular flexibility index (Phi) is 3.74. The highest BCUT2D eigenvalue weighted by Crippen LogP contribution is 2.33. The van der Waals surface area contributed by atoms with Gasteiger partial charge in [0, 0.05) is 16.9 Å². The number of nitro groups is 1. The maximum absolute atomic E-state index is 10.9. The third-order valence-electron chi connectivity index (χ3n) is 3.37. The SMILES string of the molecule is C[C@@H](NCC(C1CC1)[N+](=O)[O-])c1ccccc1. The van der Waals surface area contributed by atoms with Gasteiger partial charge in [0.15, 0.2) is 0 Å². The van der Waals surface area contributed by atoms with Crippen molar-refractivity contribution in [2.75, 3.05) is 6.54 Å². The second-order valence-corrected chi connectivity index (χ2v) is 4.73. The highest BCUT2D eigenvalue weighted by atomic mass is 16.6. The van der Waals surface area contributed by atoms with Gasteiger partial charge in [-0.05, 0) is 25.3 Å². The van der Waals surface area contributed by atoms with Gasteiger partial charge in [0.05, 0.1) is 6.54 Å². The van der Waals surface area contributed by atoms with Gasteiger partial charge in [-0.25, -0.2) is 0 Å². The molecule has 1 unspecified atom stereocenters. The zero-order valence-electron chi connectivity index (χ0n) is 10.0. The van der Waals surface area contributed by atoms with Crippen molar-refractivity contribution in [3.8, 4) is 0 Å². The molecule has 4 nitrogen and oxygen atoms in total. The average molecular weight is 234 g/mol. The molecule has 17 heavy (non-hydrogen) atoms. The van der Waals surface area contributed by atoms with Crippen LogP contribution in [-0.4, -0.2) is 17.5 Å². The molecule has 0 aromatic heterocycles. The lowest BCUT2D eigenvalue weighted by atomic mass is 10.1. The van der Waals surface area contributed by atoms with Crippen molar-refractivity contribution in [3.05, 3.63) is 46.0 Å². The summed E-state index contributed by atoms with van der Waals surface area (Å²) in [6.45, 7) is 2.51. The Morgan fingerprint density at radius 1 is 1.41 bits per heavy atom. The van der Waals surface area contributed by atoms with Crippen LogP contribution in [0.4, 0.5) is 0 Å². The molecule has 92 valence electrons. The second kappa shape index (κ2) is 5.27. The number of benzene rings is 1. The molecule has 1 N–H and O–H groups in total. The molecule has 2 rings (SSSR count). The van der Waals surface area contributed by atoms with Gasteiger partial charge in [-0.3, -0.25) is 10.1 Å². The summed E-state index contributed by atoms with van der Waals surface area (Å²) in [4.78, 5) is 10.8. The molecule has 0 aliphatic heterocycles.